The van der Waals surface area contributed by atoms with E-state index in [9.17, 15) is 9.90 Å². The normalized spacial score (nSPS) is 11.9. The lowest BCUT2D eigenvalue weighted by Crippen LogP contribution is -2.29. The molecule has 0 aliphatic carbocycles. The van der Waals surface area contributed by atoms with E-state index in [-0.39, 0.29) is 29.0 Å². The number of carbonyl (C=O) groups excluding carboxylic acids is 1. The first-order valence-electron chi connectivity index (χ1n) is 5.46. The predicted octanol–water partition coefficient (Wildman–Crippen LogP) is 0.868. The van der Waals surface area contributed by atoms with Gasteiger partial charge in [0, 0.05) is 12.6 Å². The number of rotatable bonds is 5. The van der Waals surface area contributed by atoms with Crippen molar-refractivity contribution in [3.8, 4) is 11.5 Å². The van der Waals surface area contributed by atoms with E-state index in [0.29, 0.717) is 13.0 Å². The minimum atomic E-state index is -0.331. The van der Waals surface area contributed by atoms with Crippen molar-refractivity contribution in [2.75, 3.05) is 13.7 Å². The second-order valence-corrected chi connectivity index (χ2v) is 3.88. The Bertz CT molecular complexity index is 391. The van der Waals surface area contributed by atoms with E-state index in [4.69, 9.17) is 10.5 Å². The highest BCUT2D eigenvalue weighted by molar-refractivity contribution is 5.97. The van der Waals surface area contributed by atoms with Gasteiger partial charge in [0.1, 0.15) is 0 Å². The van der Waals surface area contributed by atoms with E-state index < -0.39 is 0 Å². The van der Waals surface area contributed by atoms with Gasteiger partial charge in [-0.25, -0.2) is 0 Å². The molecule has 1 rings (SSSR count). The number of hydrogen-bond acceptors (Lipinski definition) is 4. The van der Waals surface area contributed by atoms with Crippen LogP contribution in [0.2, 0.25) is 0 Å². The third kappa shape index (κ3) is 3.64. The summed E-state index contributed by atoms with van der Waals surface area (Å²) in [7, 11) is 1.44. The number of carbonyl (C=O) groups is 1. The Kier molecular flexibility index (Phi) is 4.78. The summed E-state index contributed by atoms with van der Waals surface area (Å²) in [5.41, 5.74) is 5.77. The van der Waals surface area contributed by atoms with E-state index in [0.717, 1.165) is 0 Å². The Balaban J connectivity index is 2.69. The largest absolute Gasteiger partial charge is 0.504 e. The maximum atomic E-state index is 11.7. The van der Waals surface area contributed by atoms with Crippen LogP contribution in [0.15, 0.2) is 18.2 Å². The quantitative estimate of drug-likeness (QED) is 0.710. The molecule has 1 aromatic rings. The van der Waals surface area contributed by atoms with Crippen LogP contribution in [0.3, 0.4) is 0 Å². The number of methoxy groups -OCH3 is 1. The first kappa shape index (κ1) is 13.3. The minimum absolute atomic E-state index is 0.0363. The van der Waals surface area contributed by atoms with E-state index in [1.807, 2.05) is 6.92 Å². The molecule has 0 fully saturated rings. The van der Waals surface area contributed by atoms with Crippen molar-refractivity contribution in [1.82, 2.24) is 5.32 Å². The number of hydrogen-bond donors (Lipinski definition) is 3. The van der Waals surface area contributed by atoms with Crippen molar-refractivity contribution in [2.45, 2.75) is 19.4 Å². The van der Waals surface area contributed by atoms with Gasteiger partial charge in [-0.1, -0.05) is 6.07 Å². The molecule has 1 atom stereocenters. The van der Waals surface area contributed by atoms with Gasteiger partial charge >= 0.3 is 0 Å². The summed E-state index contributed by atoms with van der Waals surface area (Å²) in [4.78, 5) is 11.7. The summed E-state index contributed by atoms with van der Waals surface area (Å²) in [5.74, 6) is -0.194. The van der Waals surface area contributed by atoms with Gasteiger partial charge < -0.3 is 20.9 Å². The number of aromatic hydroxyl groups is 1. The molecule has 0 aliphatic heterocycles. The highest BCUT2D eigenvalue weighted by Gasteiger charge is 2.14. The Labute approximate surface area is 101 Å². The predicted molar refractivity (Wildman–Crippen MR) is 65.3 cm³/mol. The number of nitrogens with one attached hydrogen (secondary N) is 1. The molecule has 1 aromatic carbocycles. The minimum Gasteiger partial charge on any atom is -0.504 e. The average Bonchev–Trinajstić information content (AvgIpc) is 2.28. The number of phenols is 1. The maximum absolute atomic E-state index is 11.7. The average molecular weight is 238 g/mol. The lowest BCUT2D eigenvalue weighted by molar-refractivity contribution is 0.0949. The number of nitrogens with two attached hydrogens (primary N) is 1. The smallest absolute Gasteiger partial charge is 0.255 e. The molecule has 5 nitrogen and oxygen atoms in total. The van der Waals surface area contributed by atoms with Crippen LogP contribution < -0.4 is 15.8 Å². The summed E-state index contributed by atoms with van der Waals surface area (Å²) < 4.78 is 4.93. The molecule has 4 N–H and O–H groups in total. The fourth-order valence-electron chi connectivity index (χ4n) is 1.38. The van der Waals surface area contributed by atoms with Crippen LogP contribution in [0.4, 0.5) is 0 Å². The molecule has 0 saturated heterocycles. The molecular weight excluding hydrogens is 220 g/mol. The van der Waals surface area contributed by atoms with Crippen LogP contribution >= 0.6 is 0 Å². The van der Waals surface area contributed by atoms with Gasteiger partial charge in [-0.3, -0.25) is 4.79 Å². The van der Waals surface area contributed by atoms with Crippen LogP contribution in [0, 0.1) is 0 Å². The molecule has 94 valence electrons. The topological polar surface area (TPSA) is 84.6 Å². The Morgan fingerprint density at radius 3 is 2.88 bits per heavy atom. The van der Waals surface area contributed by atoms with Crippen molar-refractivity contribution in [3.63, 3.8) is 0 Å². The van der Waals surface area contributed by atoms with Gasteiger partial charge in [-0.15, -0.1) is 0 Å². The fourth-order valence-corrected chi connectivity index (χ4v) is 1.38. The Morgan fingerprint density at radius 2 is 2.29 bits per heavy atom. The van der Waals surface area contributed by atoms with Crippen molar-refractivity contribution < 1.29 is 14.6 Å². The van der Waals surface area contributed by atoms with Crippen LogP contribution in [0.1, 0.15) is 23.7 Å². The molecule has 17 heavy (non-hydrogen) atoms. The van der Waals surface area contributed by atoms with Gasteiger partial charge in [0.15, 0.2) is 11.5 Å². The molecule has 0 heterocycles. The standard InChI is InChI=1S/C12H18N2O3/c1-8(13)6-7-14-12(16)9-4-3-5-10(17-2)11(9)15/h3-5,8,15H,6-7,13H2,1-2H3,(H,14,16). The summed E-state index contributed by atoms with van der Waals surface area (Å²) in [6.45, 7) is 2.35. The SMILES string of the molecule is COc1cccc(C(=O)NCCC(C)N)c1O. The molecule has 0 bridgehead atoms. The zero-order valence-corrected chi connectivity index (χ0v) is 10.1. The second-order valence-electron chi connectivity index (χ2n) is 3.88. The van der Waals surface area contributed by atoms with E-state index in [1.165, 1.54) is 7.11 Å². The first-order valence-corrected chi connectivity index (χ1v) is 5.46. The molecule has 0 radical (unpaired) electrons. The number of phenolic OH excluding ortho intramolecular Hbond substituents is 1. The van der Waals surface area contributed by atoms with E-state index >= 15 is 0 Å². The van der Waals surface area contributed by atoms with E-state index in [1.54, 1.807) is 18.2 Å². The lowest BCUT2D eigenvalue weighted by atomic mass is 10.1. The maximum Gasteiger partial charge on any atom is 0.255 e. The molecule has 0 aliphatic rings. The Hall–Kier alpha value is -1.75. The van der Waals surface area contributed by atoms with Crippen LogP contribution in [-0.4, -0.2) is 30.7 Å². The van der Waals surface area contributed by atoms with E-state index in [2.05, 4.69) is 5.32 Å². The molecular formula is C12H18N2O3. The molecule has 0 saturated carbocycles. The van der Waals surface area contributed by atoms with Gasteiger partial charge in [0.2, 0.25) is 0 Å². The van der Waals surface area contributed by atoms with Crippen molar-refractivity contribution >= 4 is 5.91 Å². The summed E-state index contributed by atoms with van der Waals surface area (Å²) in [5, 5.41) is 12.4. The third-order valence-corrected chi connectivity index (χ3v) is 2.35. The van der Waals surface area contributed by atoms with Crippen molar-refractivity contribution in [3.05, 3.63) is 23.8 Å². The first-order chi connectivity index (χ1) is 8.06. The van der Waals surface area contributed by atoms with Crippen LogP contribution in [0.25, 0.3) is 0 Å². The van der Waals surface area contributed by atoms with Gasteiger partial charge in [-0.2, -0.15) is 0 Å². The zero-order chi connectivity index (χ0) is 12.8. The van der Waals surface area contributed by atoms with Crippen molar-refractivity contribution in [1.29, 1.82) is 0 Å². The second kappa shape index (κ2) is 6.10. The number of amides is 1. The van der Waals surface area contributed by atoms with Gasteiger partial charge in [0.05, 0.1) is 12.7 Å². The van der Waals surface area contributed by atoms with Gasteiger partial charge in [-0.05, 0) is 25.5 Å². The summed E-state index contributed by atoms with van der Waals surface area (Å²) >= 11 is 0. The molecule has 1 amide bonds. The summed E-state index contributed by atoms with van der Waals surface area (Å²) in [6, 6.07) is 4.82. The highest BCUT2D eigenvalue weighted by Crippen LogP contribution is 2.28. The molecule has 5 heteroatoms. The van der Waals surface area contributed by atoms with Crippen LogP contribution in [0.5, 0.6) is 11.5 Å². The van der Waals surface area contributed by atoms with Crippen LogP contribution in [-0.2, 0) is 0 Å². The van der Waals surface area contributed by atoms with Gasteiger partial charge in [0.25, 0.3) is 5.91 Å². The Morgan fingerprint density at radius 1 is 1.59 bits per heavy atom. The molecule has 1 unspecified atom stereocenters. The molecule has 0 spiro atoms. The third-order valence-electron chi connectivity index (χ3n) is 2.35. The molecule has 0 aromatic heterocycles. The summed E-state index contributed by atoms with van der Waals surface area (Å²) in [6.07, 6.45) is 0.691. The number of benzene rings is 1. The lowest BCUT2D eigenvalue weighted by Gasteiger charge is -2.10. The van der Waals surface area contributed by atoms with Crippen molar-refractivity contribution in [2.24, 2.45) is 5.73 Å². The zero-order valence-electron chi connectivity index (χ0n) is 10.1. The number of para-hydroxylation sites is 1. The fraction of sp³-hybridized carbons (Fsp3) is 0.417. The monoisotopic (exact) mass is 238 g/mol. The highest BCUT2D eigenvalue weighted by atomic mass is 16.5. The number of ether oxygens (including phenoxy) is 1.